The fraction of sp³-hybridized carbons (Fsp3) is 0.526. The number of sulfonamides is 1. The average molecular weight is 395 g/mol. The number of amides is 1. The summed E-state index contributed by atoms with van der Waals surface area (Å²) in [7, 11) is -2.32. The third kappa shape index (κ3) is 3.82. The van der Waals surface area contributed by atoms with E-state index in [9.17, 15) is 18.3 Å². The molecule has 0 radical (unpaired) electrons. The van der Waals surface area contributed by atoms with E-state index >= 15 is 0 Å². The first kappa shape index (κ1) is 19.7. The van der Waals surface area contributed by atoms with Crippen molar-refractivity contribution in [3.05, 3.63) is 41.5 Å². The number of aliphatic hydroxyl groups excluding tert-OH is 1. The first-order valence-corrected chi connectivity index (χ1v) is 10.3. The molecule has 1 fully saturated rings. The van der Waals surface area contributed by atoms with Gasteiger partial charge in [0.1, 0.15) is 16.6 Å². The summed E-state index contributed by atoms with van der Waals surface area (Å²) in [6.45, 7) is 5.01. The Balaban J connectivity index is 1.89. The third-order valence-electron chi connectivity index (χ3n) is 4.77. The third-order valence-corrected chi connectivity index (χ3v) is 6.87. The van der Waals surface area contributed by atoms with Crippen molar-refractivity contribution < 1.29 is 27.8 Å². The molecule has 1 amide bonds. The maximum atomic E-state index is 12.8. The molecule has 0 aromatic heterocycles. The van der Waals surface area contributed by atoms with Crippen molar-refractivity contribution in [1.29, 1.82) is 0 Å². The Kier molecular flexibility index (Phi) is 4.98. The van der Waals surface area contributed by atoms with Gasteiger partial charge in [0.2, 0.25) is 10.0 Å². The van der Waals surface area contributed by atoms with Crippen molar-refractivity contribution in [2.45, 2.75) is 50.1 Å². The molecule has 1 saturated heterocycles. The molecule has 0 saturated carbocycles. The van der Waals surface area contributed by atoms with E-state index < -0.39 is 33.1 Å². The van der Waals surface area contributed by atoms with Crippen LogP contribution in [-0.4, -0.2) is 54.5 Å². The van der Waals surface area contributed by atoms with Gasteiger partial charge in [-0.05, 0) is 50.5 Å². The molecule has 0 unspecified atom stereocenters. The number of hydrogen-bond acceptors (Lipinski definition) is 6. The summed E-state index contributed by atoms with van der Waals surface area (Å²) in [6.07, 6.45) is 0.0704. The highest BCUT2D eigenvalue weighted by atomic mass is 32.2. The smallest absolute Gasteiger partial charge is 0.424 e. The number of carbonyl (C=O) groups excluding carboxylic acids is 1. The molecule has 148 valence electrons. The van der Waals surface area contributed by atoms with E-state index in [4.69, 9.17) is 9.47 Å². The Bertz CT molecular complexity index is 853. The monoisotopic (exact) mass is 395 g/mol. The Labute approximate surface area is 159 Å². The van der Waals surface area contributed by atoms with Crippen molar-refractivity contribution in [2.24, 2.45) is 0 Å². The first-order chi connectivity index (χ1) is 12.5. The van der Waals surface area contributed by atoms with Crippen LogP contribution in [0.2, 0.25) is 0 Å². The van der Waals surface area contributed by atoms with E-state index in [1.165, 1.54) is 0 Å². The molecule has 0 spiro atoms. The highest BCUT2D eigenvalue weighted by molar-refractivity contribution is 7.90. The molecule has 8 heteroatoms. The molecule has 1 aromatic carbocycles. The largest absolute Gasteiger partial charge is 0.497 e. The molecule has 1 heterocycles. The number of nitrogens with zero attached hydrogens (tertiary/aromatic N) is 1. The topological polar surface area (TPSA) is 93.1 Å². The fourth-order valence-corrected chi connectivity index (χ4v) is 5.33. The van der Waals surface area contributed by atoms with E-state index in [0.29, 0.717) is 11.3 Å². The summed E-state index contributed by atoms with van der Waals surface area (Å²) in [5, 5.41) is 9.67. The molecule has 3 atom stereocenters. The van der Waals surface area contributed by atoms with Gasteiger partial charge in [-0.25, -0.2) is 13.2 Å². The molecule has 1 N–H and O–H groups in total. The van der Waals surface area contributed by atoms with Gasteiger partial charge in [-0.3, -0.25) is 0 Å². The minimum atomic E-state index is -3.90. The number of rotatable bonds is 2. The number of methoxy groups -OCH3 is 1. The van der Waals surface area contributed by atoms with E-state index in [1.54, 1.807) is 46.1 Å². The normalized spacial score (nSPS) is 26.9. The van der Waals surface area contributed by atoms with Crippen LogP contribution >= 0.6 is 0 Å². The van der Waals surface area contributed by atoms with E-state index in [-0.39, 0.29) is 18.9 Å². The summed E-state index contributed by atoms with van der Waals surface area (Å²) >= 11 is 0. The molecule has 1 aliphatic heterocycles. The van der Waals surface area contributed by atoms with Crippen molar-refractivity contribution in [1.82, 2.24) is 4.31 Å². The maximum absolute atomic E-state index is 12.8. The zero-order chi connectivity index (χ0) is 20.0. The lowest BCUT2D eigenvalue weighted by molar-refractivity contribution is 0.0408. The van der Waals surface area contributed by atoms with Gasteiger partial charge >= 0.3 is 6.09 Å². The van der Waals surface area contributed by atoms with Gasteiger partial charge in [0.15, 0.2) is 0 Å². The van der Waals surface area contributed by atoms with Gasteiger partial charge < -0.3 is 14.6 Å². The second-order valence-electron chi connectivity index (χ2n) is 7.86. The molecule has 2 aliphatic rings. The SMILES string of the molecule is COc1ccc([C@@H]2C=C3CN(C(=O)OC(C)(C)C)S(=O)(=O)[C@H]3C[C@H]2O)cc1. The Morgan fingerprint density at radius 1 is 1.22 bits per heavy atom. The van der Waals surface area contributed by atoms with E-state index in [1.807, 2.05) is 12.1 Å². The average Bonchev–Trinajstić information content (AvgIpc) is 2.84. The molecular formula is C19H25NO6S. The van der Waals surface area contributed by atoms with Gasteiger partial charge in [0.05, 0.1) is 19.8 Å². The van der Waals surface area contributed by atoms with Crippen LogP contribution < -0.4 is 4.74 Å². The molecule has 7 nitrogen and oxygen atoms in total. The molecular weight excluding hydrogens is 370 g/mol. The maximum Gasteiger partial charge on any atom is 0.424 e. The molecule has 1 aromatic rings. The Morgan fingerprint density at radius 3 is 2.41 bits per heavy atom. The molecule has 1 aliphatic carbocycles. The summed E-state index contributed by atoms with van der Waals surface area (Å²) < 4.78 is 36.7. The number of fused-ring (bicyclic) bond motifs is 1. The van der Waals surface area contributed by atoms with Crippen LogP contribution in [0.15, 0.2) is 35.9 Å². The van der Waals surface area contributed by atoms with E-state index in [0.717, 1.165) is 9.87 Å². The van der Waals surface area contributed by atoms with Gasteiger partial charge in [0.25, 0.3) is 0 Å². The van der Waals surface area contributed by atoms with Crippen LogP contribution in [0, 0.1) is 0 Å². The quantitative estimate of drug-likeness (QED) is 0.773. The van der Waals surface area contributed by atoms with Gasteiger partial charge in [-0.1, -0.05) is 18.2 Å². The second-order valence-corrected chi connectivity index (χ2v) is 9.90. The number of hydrogen-bond donors (Lipinski definition) is 1. The summed E-state index contributed by atoms with van der Waals surface area (Å²) in [5.74, 6) is 0.366. The standard InChI is InChI=1S/C19H25NO6S/c1-19(2,3)26-18(22)20-11-13-9-15(12-5-7-14(25-4)8-6-12)16(21)10-17(13)27(20,23)24/h5-9,15-17,21H,10-11H2,1-4H3/t15-,16+,17-/m0/s1. The predicted octanol–water partition coefficient (Wildman–Crippen LogP) is 2.42. The van der Waals surface area contributed by atoms with Crippen LogP contribution in [-0.2, 0) is 14.8 Å². The zero-order valence-electron chi connectivity index (χ0n) is 15.9. The number of aliphatic hydroxyl groups is 1. The van der Waals surface area contributed by atoms with Crippen molar-refractivity contribution >= 4 is 16.1 Å². The van der Waals surface area contributed by atoms with Crippen LogP contribution in [0.1, 0.15) is 38.7 Å². The second kappa shape index (κ2) is 6.83. The molecule has 0 bridgehead atoms. The van der Waals surface area contributed by atoms with Crippen LogP contribution in [0.5, 0.6) is 5.75 Å². The van der Waals surface area contributed by atoms with Crippen molar-refractivity contribution in [3.8, 4) is 5.75 Å². The van der Waals surface area contributed by atoms with Crippen LogP contribution in [0.4, 0.5) is 4.79 Å². The number of carbonyl (C=O) groups is 1. The Hall–Kier alpha value is -2.06. The molecule has 3 rings (SSSR count). The summed E-state index contributed by atoms with van der Waals surface area (Å²) in [4.78, 5) is 12.3. The van der Waals surface area contributed by atoms with Crippen LogP contribution in [0.25, 0.3) is 0 Å². The lowest BCUT2D eigenvalue weighted by Gasteiger charge is -2.28. The van der Waals surface area contributed by atoms with Crippen molar-refractivity contribution in [3.63, 3.8) is 0 Å². The summed E-state index contributed by atoms with van der Waals surface area (Å²) in [6, 6.07) is 7.29. The highest BCUT2D eigenvalue weighted by Gasteiger charge is 2.50. The minimum Gasteiger partial charge on any atom is -0.497 e. The van der Waals surface area contributed by atoms with Gasteiger partial charge in [0, 0.05) is 5.92 Å². The molecule has 27 heavy (non-hydrogen) atoms. The summed E-state index contributed by atoms with van der Waals surface area (Å²) in [5.41, 5.74) is 0.689. The zero-order valence-corrected chi connectivity index (χ0v) is 16.7. The highest BCUT2D eigenvalue weighted by Crippen LogP contribution is 2.40. The Morgan fingerprint density at radius 2 is 1.85 bits per heavy atom. The first-order valence-electron chi connectivity index (χ1n) is 8.80. The van der Waals surface area contributed by atoms with Gasteiger partial charge in [-0.15, -0.1) is 0 Å². The fourth-order valence-electron chi connectivity index (χ4n) is 3.47. The lowest BCUT2D eigenvalue weighted by Crippen LogP contribution is -2.40. The number of ether oxygens (including phenoxy) is 2. The minimum absolute atomic E-state index is 0.0404. The number of benzene rings is 1. The van der Waals surface area contributed by atoms with Crippen molar-refractivity contribution in [2.75, 3.05) is 13.7 Å². The van der Waals surface area contributed by atoms with E-state index in [2.05, 4.69) is 0 Å². The predicted molar refractivity (Wildman–Crippen MR) is 100 cm³/mol. The van der Waals surface area contributed by atoms with Gasteiger partial charge in [-0.2, -0.15) is 4.31 Å². The van der Waals surface area contributed by atoms with Crippen LogP contribution in [0.3, 0.4) is 0 Å². The lowest BCUT2D eigenvalue weighted by atomic mass is 9.83.